The quantitative estimate of drug-likeness (QED) is 0.292. The van der Waals surface area contributed by atoms with Crippen molar-refractivity contribution in [2.75, 3.05) is 0 Å². The van der Waals surface area contributed by atoms with Crippen LogP contribution < -0.4 is 4.73 Å². The van der Waals surface area contributed by atoms with E-state index in [4.69, 9.17) is 11.6 Å². The maximum absolute atomic E-state index is 11.0. The molecule has 0 aliphatic rings. The lowest BCUT2D eigenvalue weighted by Crippen LogP contribution is -2.30. The van der Waals surface area contributed by atoms with Gasteiger partial charge >= 0.3 is 0 Å². The summed E-state index contributed by atoms with van der Waals surface area (Å²) in [6.45, 7) is 15.9. The largest absolute Gasteiger partial charge is 0.618 e. The van der Waals surface area contributed by atoms with Gasteiger partial charge in [-0.05, 0) is 76.8 Å². The van der Waals surface area contributed by atoms with Crippen molar-refractivity contribution in [2.24, 2.45) is 0 Å². The summed E-state index contributed by atoms with van der Waals surface area (Å²) in [5.74, 6) is 0.506. The first-order chi connectivity index (χ1) is 13.5. The minimum absolute atomic E-state index is 0.506. The highest BCUT2D eigenvalue weighted by Gasteiger charge is 2.02. The Morgan fingerprint density at radius 2 is 1.28 bits per heavy atom. The molecule has 0 aliphatic carbocycles. The standard InChI is InChI=1S/C8H10ClN.C8H11NO.C8H11N/c1-6-3-7(2)8(4-9)10-5-6;1-6-4-7(2)8(3)9(10)5-6;1-6-4-7(2)8(3)9-5-6/h3,5H,4H2,1-2H3;4-5H,1-3H3;4-5H,1-3H3. The second kappa shape index (κ2) is 11.5. The normalized spacial score (nSPS) is 9.83. The van der Waals surface area contributed by atoms with Gasteiger partial charge in [0, 0.05) is 36.1 Å². The summed E-state index contributed by atoms with van der Waals surface area (Å²) in [5.41, 5.74) is 9.82. The van der Waals surface area contributed by atoms with Crippen LogP contribution in [0.1, 0.15) is 50.5 Å². The zero-order valence-electron chi connectivity index (χ0n) is 18.8. The van der Waals surface area contributed by atoms with Crippen molar-refractivity contribution in [1.29, 1.82) is 0 Å². The van der Waals surface area contributed by atoms with Gasteiger partial charge in [0.05, 0.1) is 11.6 Å². The summed E-state index contributed by atoms with van der Waals surface area (Å²) in [6, 6.07) is 6.23. The van der Waals surface area contributed by atoms with Crippen LogP contribution in [0, 0.1) is 60.6 Å². The fourth-order valence-electron chi connectivity index (χ4n) is 2.61. The lowest BCUT2D eigenvalue weighted by molar-refractivity contribution is -0.613. The van der Waals surface area contributed by atoms with Gasteiger partial charge in [0.2, 0.25) is 0 Å². The molecule has 0 aliphatic heterocycles. The minimum Gasteiger partial charge on any atom is -0.618 e. The number of alkyl halides is 1. The first-order valence-electron chi connectivity index (χ1n) is 9.60. The first-order valence-corrected chi connectivity index (χ1v) is 10.1. The number of hydrogen-bond acceptors (Lipinski definition) is 3. The molecular weight excluding hydrogens is 382 g/mol. The van der Waals surface area contributed by atoms with Gasteiger partial charge in [-0.25, -0.2) is 0 Å². The average molecular weight is 414 g/mol. The molecular formula is C24H32ClN3O. The molecule has 0 spiro atoms. The van der Waals surface area contributed by atoms with E-state index in [0.29, 0.717) is 5.88 Å². The molecule has 0 amide bonds. The predicted molar refractivity (Wildman–Crippen MR) is 121 cm³/mol. The average Bonchev–Trinajstić information content (AvgIpc) is 2.64. The summed E-state index contributed by atoms with van der Waals surface area (Å²) in [4.78, 5) is 8.34. The number of hydrogen-bond donors (Lipinski definition) is 0. The second-order valence-corrected chi connectivity index (χ2v) is 7.70. The highest BCUT2D eigenvalue weighted by molar-refractivity contribution is 6.16. The molecule has 3 rings (SSSR count). The third kappa shape index (κ3) is 8.20. The fourth-order valence-corrected chi connectivity index (χ4v) is 2.89. The third-order valence-corrected chi connectivity index (χ3v) is 4.85. The van der Waals surface area contributed by atoms with Crippen LogP contribution in [0.3, 0.4) is 0 Å². The molecule has 3 heterocycles. The molecule has 0 atom stereocenters. The summed E-state index contributed by atoms with van der Waals surface area (Å²) >= 11 is 5.62. The summed E-state index contributed by atoms with van der Waals surface area (Å²) in [6.07, 6.45) is 5.31. The molecule has 4 nitrogen and oxygen atoms in total. The van der Waals surface area contributed by atoms with Crippen molar-refractivity contribution < 1.29 is 4.73 Å². The molecule has 5 heteroatoms. The monoisotopic (exact) mass is 413 g/mol. The smallest absolute Gasteiger partial charge is 0.192 e. The van der Waals surface area contributed by atoms with E-state index >= 15 is 0 Å². The van der Waals surface area contributed by atoms with E-state index in [1.54, 1.807) is 6.20 Å². The highest BCUT2D eigenvalue weighted by Crippen LogP contribution is 2.08. The zero-order valence-corrected chi connectivity index (χ0v) is 19.6. The van der Waals surface area contributed by atoms with E-state index in [2.05, 4.69) is 35.9 Å². The number of aryl methyl sites for hydroxylation is 7. The lowest BCUT2D eigenvalue weighted by Gasteiger charge is -2.03. The first kappa shape index (κ1) is 24.6. The van der Waals surface area contributed by atoms with Crippen molar-refractivity contribution in [1.82, 2.24) is 9.97 Å². The summed E-state index contributed by atoms with van der Waals surface area (Å²) < 4.78 is 0.907. The molecule has 0 fully saturated rings. The Morgan fingerprint density at radius 1 is 0.759 bits per heavy atom. The van der Waals surface area contributed by atoms with Gasteiger partial charge in [-0.3, -0.25) is 9.97 Å². The van der Waals surface area contributed by atoms with Gasteiger partial charge < -0.3 is 5.21 Å². The van der Waals surface area contributed by atoms with Crippen LogP contribution in [0.25, 0.3) is 0 Å². The predicted octanol–water partition coefficient (Wildman–Crippen LogP) is 5.69. The van der Waals surface area contributed by atoms with Crippen molar-refractivity contribution in [2.45, 2.75) is 61.3 Å². The van der Waals surface area contributed by atoms with Gasteiger partial charge in [-0.15, -0.1) is 11.6 Å². The number of pyridine rings is 3. The van der Waals surface area contributed by atoms with Crippen molar-refractivity contribution in [3.63, 3.8) is 0 Å². The zero-order chi connectivity index (χ0) is 22.1. The molecule has 3 aromatic rings. The van der Waals surface area contributed by atoms with E-state index in [1.165, 1.54) is 22.3 Å². The van der Waals surface area contributed by atoms with Crippen molar-refractivity contribution in [3.8, 4) is 0 Å². The minimum atomic E-state index is 0.506. The van der Waals surface area contributed by atoms with E-state index in [9.17, 15) is 5.21 Å². The maximum atomic E-state index is 11.0. The number of aromatic nitrogens is 3. The van der Waals surface area contributed by atoms with E-state index in [1.807, 2.05) is 60.0 Å². The van der Waals surface area contributed by atoms with Crippen LogP contribution in [-0.2, 0) is 5.88 Å². The highest BCUT2D eigenvalue weighted by atomic mass is 35.5. The molecule has 0 saturated heterocycles. The SMILES string of the molecule is Cc1cc(C)c(C)[n+]([O-])c1.Cc1cnc(C)c(C)c1.Cc1cnc(CCl)c(C)c1. The number of halogens is 1. The van der Waals surface area contributed by atoms with Gasteiger partial charge in [-0.2, -0.15) is 4.73 Å². The molecule has 0 radical (unpaired) electrons. The Hall–Kier alpha value is -2.46. The van der Waals surface area contributed by atoms with Crippen LogP contribution in [-0.4, -0.2) is 9.97 Å². The van der Waals surface area contributed by atoms with E-state index in [0.717, 1.165) is 32.9 Å². The Morgan fingerprint density at radius 3 is 1.72 bits per heavy atom. The molecule has 0 unspecified atom stereocenters. The maximum Gasteiger partial charge on any atom is 0.192 e. The molecule has 0 N–H and O–H groups in total. The van der Waals surface area contributed by atoms with Gasteiger partial charge in [-0.1, -0.05) is 12.1 Å². The van der Waals surface area contributed by atoms with Gasteiger partial charge in [0.25, 0.3) is 0 Å². The summed E-state index contributed by atoms with van der Waals surface area (Å²) in [7, 11) is 0. The number of nitrogens with zero attached hydrogens (tertiary/aromatic N) is 3. The van der Waals surface area contributed by atoms with E-state index in [-0.39, 0.29) is 0 Å². The van der Waals surface area contributed by atoms with Gasteiger partial charge in [0.15, 0.2) is 11.9 Å². The Labute approximate surface area is 180 Å². The molecule has 29 heavy (non-hydrogen) atoms. The Bertz CT molecular complexity index is 932. The third-order valence-electron chi connectivity index (χ3n) is 4.59. The number of rotatable bonds is 1. The molecule has 3 aromatic heterocycles. The van der Waals surface area contributed by atoms with Crippen molar-refractivity contribution >= 4 is 11.6 Å². The second-order valence-electron chi connectivity index (χ2n) is 7.44. The van der Waals surface area contributed by atoms with Crippen LogP contribution in [0.2, 0.25) is 0 Å². The molecule has 0 saturated carbocycles. The van der Waals surface area contributed by atoms with Crippen LogP contribution in [0.5, 0.6) is 0 Å². The fraction of sp³-hybridized carbons (Fsp3) is 0.375. The molecule has 0 bridgehead atoms. The Balaban J connectivity index is 0.000000218. The topological polar surface area (TPSA) is 52.7 Å². The summed E-state index contributed by atoms with van der Waals surface area (Å²) in [5, 5.41) is 11.0. The van der Waals surface area contributed by atoms with Crippen LogP contribution in [0.4, 0.5) is 0 Å². The molecule has 0 aromatic carbocycles. The van der Waals surface area contributed by atoms with Crippen LogP contribution in [0.15, 0.2) is 36.8 Å². The Kier molecular flexibility index (Phi) is 9.76. The van der Waals surface area contributed by atoms with E-state index < -0.39 is 0 Å². The van der Waals surface area contributed by atoms with Crippen molar-refractivity contribution in [3.05, 3.63) is 92.5 Å². The van der Waals surface area contributed by atoms with Crippen LogP contribution >= 0.6 is 11.6 Å². The van der Waals surface area contributed by atoms with Gasteiger partial charge in [0.1, 0.15) is 0 Å². The molecule has 156 valence electrons. The lowest BCUT2D eigenvalue weighted by atomic mass is 10.2.